The summed E-state index contributed by atoms with van der Waals surface area (Å²) in [6, 6.07) is 0.812. The minimum atomic E-state index is 0.251. The van der Waals surface area contributed by atoms with E-state index < -0.39 is 0 Å². The molecule has 0 aromatic rings. The lowest BCUT2D eigenvalue weighted by molar-refractivity contribution is 0.229. The maximum Gasteiger partial charge on any atom is 0.0584 e. The fraction of sp³-hybridized carbons (Fsp3) is 1.00. The second kappa shape index (κ2) is 5.69. The van der Waals surface area contributed by atoms with E-state index in [1.807, 2.05) is 0 Å². The van der Waals surface area contributed by atoms with Crippen LogP contribution < -0.4 is 5.32 Å². The van der Waals surface area contributed by atoms with E-state index >= 15 is 0 Å². The van der Waals surface area contributed by atoms with Crippen molar-refractivity contribution in [1.29, 1.82) is 0 Å². The van der Waals surface area contributed by atoms with Gasteiger partial charge in [-0.25, -0.2) is 0 Å². The summed E-state index contributed by atoms with van der Waals surface area (Å²) in [5, 5.41) is 12.1. The Kier molecular flexibility index (Phi) is 5.64. The summed E-state index contributed by atoms with van der Waals surface area (Å²) in [6.45, 7) is 6.61. The van der Waals surface area contributed by atoms with E-state index in [-0.39, 0.29) is 12.6 Å². The normalized spacial score (nSPS) is 16.8. The maximum atomic E-state index is 8.81. The molecule has 62 valence electrons. The monoisotopic (exact) mass is 145 g/mol. The lowest BCUT2D eigenvalue weighted by Gasteiger charge is -2.18. The largest absolute Gasteiger partial charge is 0.395 e. The molecule has 0 amide bonds. The third-order valence-electron chi connectivity index (χ3n) is 1.85. The maximum absolute atomic E-state index is 8.81. The Morgan fingerprint density at radius 2 is 1.90 bits per heavy atom. The third-order valence-corrected chi connectivity index (χ3v) is 1.85. The van der Waals surface area contributed by atoms with Crippen LogP contribution in [-0.2, 0) is 0 Å². The van der Waals surface area contributed by atoms with Crippen LogP contribution in [0, 0.1) is 0 Å². The highest BCUT2D eigenvalue weighted by atomic mass is 16.3. The first-order valence-electron chi connectivity index (χ1n) is 4.11. The van der Waals surface area contributed by atoms with Gasteiger partial charge in [-0.3, -0.25) is 0 Å². The van der Waals surface area contributed by atoms with Crippen molar-refractivity contribution in [1.82, 2.24) is 5.32 Å². The van der Waals surface area contributed by atoms with Gasteiger partial charge in [-0.2, -0.15) is 0 Å². The number of nitrogens with one attached hydrogen (secondary N) is 1. The van der Waals surface area contributed by atoms with E-state index in [2.05, 4.69) is 26.1 Å². The van der Waals surface area contributed by atoms with Crippen molar-refractivity contribution >= 4 is 0 Å². The van der Waals surface area contributed by atoms with Gasteiger partial charge in [-0.15, -0.1) is 0 Å². The fourth-order valence-corrected chi connectivity index (χ4v) is 0.820. The molecule has 0 heterocycles. The van der Waals surface area contributed by atoms with Gasteiger partial charge in [0.2, 0.25) is 0 Å². The minimum Gasteiger partial charge on any atom is -0.395 e. The van der Waals surface area contributed by atoms with Gasteiger partial charge in [-0.1, -0.05) is 13.8 Å². The average Bonchev–Trinajstić information content (AvgIpc) is 1.99. The Morgan fingerprint density at radius 3 is 2.20 bits per heavy atom. The number of rotatable bonds is 5. The van der Waals surface area contributed by atoms with Crippen molar-refractivity contribution in [3.05, 3.63) is 0 Å². The zero-order chi connectivity index (χ0) is 7.98. The first kappa shape index (κ1) is 9.92. The van der Waals surface area contributed by atoms with Gasteiger partial charge in [-0.05, 0) is 19.8 Å². The molecular weight excluding hydrogens is 126 g/mol. The van der Waals surface area contributed by atoms with Crippen LogP contribution in [0.25, 0.3) is 0 Å². The molecule has 0 aliphatic carbocycles. The lowest BCUT2D eigenvalue weighted by Crippen LogP contribution is -2.38. The second-order valence-corrected chi connectivity index (χ2v) is 2.76. The van der Waals surface area contributed by atoms with Gasteiger partial charge in [0.15, 0.2) is 0 Å². The average molecular weight is 145 g/mol. The Balaban J connectivity index is 3.41. The zero-order valence-corrected chi connectivity index (χ0v) is 7.22. The molecule has 0 fully saturated rings. The molecule has 1 unspecified atom stereocenters. The molecule has 0 aliphatic heterocycles. The fourth-order valence-electron chi connectivity index (χ4n) is 0.820. The molecule has 0 radical (unpaired) electrons. The third kappa shape index (κ3) is 3.85. The highest BCUT2D eigenvalue weighted by Crippen LogP contribution is 1.94. The topological polar surface area (TPSA) is 32.3 Å². The predicted molar refractivity (Wildman–Crippen MR) is 44.1 cm³/mol. The molecule has 10 heavy (non-hydrogen) atoms. The second-order valence-electron chi connectivity index (χ2n) is 2.76. The molecule has 2 atom stereocenters. The summed E-state index contributed by atoms with van der Waals surface area (Å²) in [6.07, 6.45) is 2.12. The van der Waals surface area contributed by atoms with E-state index in [1.54, 1.807) is 0 Å². The highest BCUT2D eigenvalue weighted by molar-refractivity contribution is 4.67. The van der Waals surface area contributed by atoms with Crippen LogP contribution in [-0.4, -0.2) is 23.8 Å². The van der Waals surface area contributed by atoms with Crippen molar-refractivity contribution in [3.63, 3.8) is 0 Å². The minimum absolute atomic E-state index is 0.251. The van der Waals surface area contributed by atoms with Gasteiger partial charge in [0.05, 0.1) is 6.61 Å². The van der Waals surface area contributed by atoms with Crippen molar-refractivity contribution in [2.24, 2.45) is 0 Å². The molecule has 0 saturated heterocycles. The molecular formula is C8H19NO. The van der Waals surface area contributed by atoms with E-state index in [4.69, 9.17) is 5.11 Å². The summed E-state index contributed by atoms with van der Waals surface area (Å²) in [5.41, 5.74) is 0. The van der Waals surface area contributed by atoms with Crippen molar-refractivity contribution in [3.8, 4) is 0 Å². The van der Waals surface area contributed by atoms with E-state index in [0.717, 1.165) is 12.8 Å². The van der Waals surface area contributed by atoms with E-state index in [1.165, 1.54) is 0 Å². The molecule has 2 heteroatoms. The number of hydrogen-bond donors (Lipinski definition) is 2. The van der Waals surface area contributed by atoms with Crippen LogP contribution in [0.1, 0.15) is 33.6 Å². The molecule has 0 saturated carbocycles. The molecule has 0 aromatic heterocycles. The van der Waals surface area contributed by atoms with Crippen molar-refractivity contribution in [2.75, 3.05) is 6.61 Å². The number of aliphatic hydroxyl groups is 1. The summed E-state index contributed by atoms with van der Waals surface area (Å²) in [5.74, 6) is 0. The smallest absolute Gasteiger partial charge is 0.0584 e. The summed E-state index contributed by atoms with van der Waals surface area (Å²) < 4.78 is 0. The lowest BCUT2D eigenvalue weighted by atomic mass is 10.2. The van der Waals surface area contributed by atoms with Crippen molar-refractivity contribution in [2.45, 2.75) is 45.7 Å². The molecule has 0 rings (SSSR count). The van der Waals surface area contributed by atoms with E-state index in [0.29, 0.717) is 6.04 Å². The first-order chi connectivity index (χ1) is 4.74. The highest BCUT2D eigenvalue weighted by Gasteiger charge is 2.05. The molecule has 2 nitrogen and oxygen atoms in total. The Hall–Kier alpha value is -0.0800. The quantitative estimate of drug-likeness (QED) is 0.608. The predicted octanol–water partition coefficient (Wildman–Crippen LogP) is 1.15. The number of hydrogen-bond acceptors (Lipinski definition) is 2. The van der Waals surface area contributed by atoms with Crippen LogP contribution >= 0.6 is 0 Å². The van der Waals surface area contributed by atoms with Gasteiger partial charge >= 0.3 is 0 Å². The number of aliphatic hydroxyl groups excluding tert-OH is 1. The van der Waals surface area contributed by atoms with Crippen molar-refractivity contribution < 1.29 is 5.11 Å². The Labute approximate surface area is 63.6 Å². The first-order valence-corrected chi connectivity index (χ1v) is 4.11. The molecule has 0 aromatic carbocycles. The SMILES string of the molecule is CCC(C)N[C@@H](CC)CO. The molecule has 0 bridgehead atoms. The van der Waals surface area contributed by atoms with Gasteiger partial charge in [0.25, 0.3) is 0 Å². The van der Waals surface area contributed by atoms with Gasteiger partial charge in [0.1, 0.15) is 0 Å². The van der Waals surface area contributed by atoms with Crippen LogP contribution in [0.5, 0.6) is 0 Å². The molecule has 0 aliphatic rings. The standard InChI is InChI=1S/C8H19NO/c1-4-7(3)9-8(5-2)6-10/h7-10H,4-6H2,1-3H3/t7?,8-/m0/s1. The Bertz CT molecular complexity index is 71.7. The molecule has 2 N–H and O–H groups in total. The summed E-state index contributed by atoms with van der Waals surface area (Å²) in [4.78, 5) is 0. The van der Waals surface area contributed by atoms with Gasteiger partial charge in [0, 0.05) is 12.1 Å². The van der Waals surface area contributed by atoms with E-state index in [9.17, 15) is 0 Å². The Morgan fingerprint density at radius 1 is 1.30 bits per heavy atom. The zero-order valence-electron chi connectivity index (χ0n) is 7.22. The van der Waals surface area contributed by atoms with Crippen LogP contribution in [0.2, 0.25) is 0 Å². The van der Waals surface area contributed by atoms with Crippen LogP contribution in [0.3, 0.4) is 0 Å². The van der Waals surface area contributed by atoms with Crippen LogP contribution in [0.15, 0.2) is 0 Å². The summed E-state index contributed by atoms with van der Waals surface area (Å²) >= 11 is 0. The van der Waals surface area contributed by atoms with Gasteiger partial charge < -0.3 is 10.4 Å². The summed E-state index contributed by atoms with van der Waals surface area (Å²) in [7, 11) is 0. The van der Waals surface area contributed by atoms with Crippen LogP contribution in [0.4, 0.5) is 0 Å². The molecule has 0 spiro atoms.